The Morgan fingerprint density at radius 1 is 1.17 bits per heavy atom. The molecule has 18 heavy (non-hydrogen) atoms. The van der Waals surface area contributed by atoms with E-state index in [9.17, 15) is 0 Å². The number of benzene rings is 2. The smallest absolute Gasteiger partial charge is 0.138 e. The second kappa shape index (κ2) is 6.23. The number of hydrogen-bond donors (Lipinski definition) is 1. The van der Waals surface area contributed by atoms with Gasteiger partial charge in [0, 0.05) is 16.6 Å². The van der Waals surface area contributed by atoms with E-state index in [-0.39, 0.29) is 0 Å². The highest BCUT2D eigenvalue weighted by molar-refractivity contribution is 9.10. The van der Waals surface area contributed by atoms with Crippen LogP contribution in [0.1, 0.15) is 11.1 Å². The van der Waals surface area contributed by atoms with E-state index in [2.05, 4.69) is 15.9 Å². The van der Waals surface area contributed by atoms with Crippen molar-refractivity contribution in [2.45, 2.75) is 13.2 Å². The quantitative estimate of drug-likeness (QED) is 0.916. The van der Waals surface area contributed by atoms with Crippen molar-refractivity contribution >= 4 is 27.5 Å². The van der Waals surface area contributed by atoms with Crippen molar-refractivity contribution in [2.75, 3.05) is 0 Å². The van der Waals surface area contributed by atoms with Crippen LogP contribution in [0.2, 0.25) is 5.02 Å². The molecule has 2 aromatic rings. The predicted molar refractivity (Wildman–Crippen MR) is 77.8 cm³/mol. The lowest BCUT2D eigenvalue weighted by Crippen LogP contribution is -1.99. The molecule has 2 aromatic carbocycles. The second-order valence-corrected chi connectivity index (χ2v) is 5.11. The number of nitrogens with two attached hydrogens (primary N) is 1. The maximum atomic E-state index is 6.12. The molecule has 2 nitrogen and oxygen atoms in total. The van der Waals surface area contributed by atoms with Crippen LogP contribution in [0, 0.1) is 0 Å². The fraction of sp³-hybridized carbons (Fsp3) is 0.143. The molecule has 0 aromatic heterocycles. The van der Waals surface area contributed by atoms with Crippen molar-refractivity contribution < 1.29 is 4.74 Å². The Kier molecular flexibility index (Phi) is 4.64. The van der Waals surface area contributed by atoms with Crippen molar-refractivity contribution in [1.29, 1.82) is 0 Å². The predicted octanol–water partition coefficient (Wildman–Crippen LogP) is 4.14. The summed E-state index contributed by atoms with van der Waals surface area (Å²) in [6, 6.07) is 13.5. The number of halogens is 2. The Morgan fingerprint density at radius 2 is 1.94 bits per heavy atom. The van der Waals surface area contributed by atoms with Gasteiger partial charge in [-0.1, -0.05) is 51.8 Å². The van der Waals surface area contributed by atoms with Crippen LogP contribution in [-0.4, -0.2) is 0 Å². The van der Waals surface area contributed by atoms with Crippen LogP contribution in [0.15, 0.2) is 46.9 Å². The summed E-state index contributed by atoms with van der Waals surface area (Å²) < 4.78 is 6.73. The standard InChI is InChI=1S/C14H13BrClNO/c15-12-4-2-1-3-11(12)9-18-14-6-5-10(8-17)7-13(14)16/h1-7H,8-9,17H2. The zero-order valence-electron chi connectivity index (χ0n) is 9.70. The van der Waals surface area contributed by atoms with E-state index in [1.165, 1.54) is 0 Å². The van der Waals surface area contributed by atoms with Gasteiger partial charge in [0.1, 0.15) is 12.4 Å². The first kappa shape index (κ1) is 13.4. The highest BCUT2D eigenvalue weighted by atomic mass is 79.9. The normalized spacial score (nSPS) is 10.4. The van der Waals surface area contributed by atoms with Crippen LogP contribution in [0.3, 0.4) is 0 Å². The molecule has 0 saturated carbocycles. The molecule has 0 aliphatic carbocycles. The summed E-state index contributed by atoms with van der Waals surface area (Å²) in [4.78, 5) is 0. The fourth-order valence-electron chi connectivity index (χ4n) is 1.56. The van der Waals surface area contributed by atoms with Gasteiger partial charge in [0.05, 0.1) is 5.02 Å². The van der Waals surface area contributed by atoms with Gasteiger partial charge in [-0.15, -0.1) is 0 Å². The molecule has 0 radical (unpaired) electrons. The second-order valence-electron chi connectivity index (χ2n) is 3.85. The molecule has 0 amide bonds. The maximum Gasteiger partial charge on any atom is 0.138 e. The summed E-state index contributed by atoms with van der Waals surface area (Å²) in [7, 11) is 0. The molecular formula is C14H13BrClNO. The largest absolute Gasteiger partial charge is 0.487 e. The number of rotatable bonds is 4. The summed E-state index contributed by atoms with van der Waals surface area (Å²) in [6.07, 6.45) is 0. The minimum Gasteiger partial charge on any atom is -0.487 e. The van der Waals surface area contributed by atoms with Crippen LogP contribution in [0.5, 0.6) is 5.75 Å². The first-order valence-corrected chi connectivity index (χ1v) is 6.72. The van der Waals surface area contributed by atoms with E-state index in [1.807, 2.05) is 42.5 Å². The summed E-state index contributed by atoms with van der Waals surface area (Å²) in [5.41, 5.74) is 7.62. The summed E-state index contributed by atoms with van der Waals surface area (Å²) >= 11 is 9.60. The highest BCUT2D eigenvalue weighted by Gasteiger charge is 2.04. The van der Waals surface area contributed by atoms with Crippen molar-refractivity contribution in [3.63, 3.8) is 0 Å². The molecule has 0 saturated heterocycles. The van der Waals surface area contributed by atoms with Gasteiger partial charge in [-0.25, -0.2) is 0 Å². The number of hydrogen-bond acceptors (Lipinski definition) is 2. The SMILES string of the molecule is NCc1ccc(OCc2ccccc2Br)c(Cl)c1. The third-order valence-corrected chi connectivity index (χ3v) is 3.64. The van der Waals surface area contributed by atoms with Crippen LogP contribution < -0.4 is 10.5 Å². The first-order chi connectivity index (χ1) is 8.70. The molecule has 0 aliphatic rings. The van der Waals surface area contributed by atoms with Crippen LogP contribution in [0.4, 0.5) is 0 Å². The molecule has 0 heterocycles. The zero-order chi connectivity index (χ0) is 13.0. The molecule has 0 unspecified atom stereocenters. The monoisotopic (exact) mass is 325 g/mol. The van der Waals surface area contributed by atoms with Gasteiger partial charge in [0.15, 0.2) is 0 Å². The van der Waals surface area contributed by atoms with E-state index < -0.39 is 0 Å². The summed E-state index contributed by atoms with van der Waals surface area (Å²) in [6.45, 7) is 0.952. The average Bonchev–Trinajstić information content (AvgIpc) is 2.39. The molecule has 0 fully saturated rings. The van der Waals surface area contributed by atoms with Crippen LogP contribution >= 0.6 is 27.5 Å². The lowest BCUT2D eigenvalue weighted by atomic mass is 10.2. The van der Waals surface area contributed by atoms with Crippen LogP contribution in [0.25, 0.3) is 0 Å². The van der Waals surface area contributed by atoms with Gasteiger partial charge in [-0.3, -0.25) is 0 Å². The lowest BCUT2D eigenvalue weighted by Gasteiger charge is -2.10. The Hall–Kier alpha value is -1.03. The summed E-state index contributed by atoms with van der Waals surface area (Å²) in [5, 5.41) is 0.588. The Labute approximate surface area is 120 Å². The van der Waals surface area contributed by atoms with Gasteiger partial charge < -0.3 is 10.5 Å². The minimum atomic E-state index is 0.475. The molecule has 0 bridgehead atoms. The molecule has 2 rings (SSSR count). The Bertz CT molecular complexity index is 545. The highest BCUT2D eigenvalue weighted by Crippen LogP contribution is 2.27. The van der Waals surface area contributed by atoms with Gasteiger partial charge >= 0.3 is 0 Å². The molecule has 0 atom stereocenters. The number of ether oxygens (including phenoxy) is 1. The first-order valence-electron chi connectivity index (χ1n) is 5.55. The van der Waals surface area contributed by atoms with E-state index in [1.54, 1.807) is 0 Å². The lowest BCUT2D eigenvalue weighted by molar-refractivity contribution is 0.305. The Balaban J connectivity index is 2.09. The molecular weight excluding hydrogens is 314 g/mol. The molecule has 4 heteroatoms. The molecule has 0 spiro atoms. The third kappa shape index (κ3) is 3.25. The fourth-order valence-corrected chi connectivity index (χ4v) is 2.22. The topological polar surface area (TPSA) is 35.2 Å². The molecule has 2 N–H and O–H groups in total. The van der Waals surface area contributed by atoms with E-state index in [0.29, 0.717) is 23.9 Å². The molecule has 0 aliphatic heterocycles. The average molecular weight is 327 g/mol. The van der Waals surface area contributed by atoms with Crippen molar-refractivity contribution in [2.24, 2.45) is 5.73 Å². The maximum absolute atomic E-state index is 6.12. The van der Waals surface area contributed by atoms with Gasteiger partial charge in [0.2, 0.25) is 0 Å². The zero-order valence-corrected chi connectivity index (χ0v) is 12.0. The van der Waals surface area contributed by atoms with E-state index in [4.69, 9.17) is 22.1 Å². The van der Waals surface area contributed by atoms with Crippen molar-refractivity contribution in [1.82, 2.24) is 0 Å². The van der Waals surface area contributed by atoms with Crippen molar-refractivity contribution in [3.05, 3.63) is 63.1 Å². The van der Waals surface area contributed by atoms with Gasteiger partial charge in [-0.05, 0) is 23.8 Å². The van der Waals surface area contributed by atoms with Gasteiger partial charge in [0.25, 0.3) is 0 Å². The Morgan fingerprint density at radius 3 is 2.61 bits per heavy atom. The third-order valence-electron chi connectivity index (χ3n) is 2.57. The molecule has 94 valence electrons. The minimum absolute atomic E-state index is 0.475. The summed E-state index contributed by atoms with van der Waals surface area (Å²) in [5.74, 6) is 0.671. The van der Waals surface area contributed by atoms with E-state index >= 15 is 0 Å². The van der Waals surface area contributed by atoms with Gasteiger partial charge in [-0.2, -0.15) is 0 Å². The van der Waals surface area contributed by atoms with Crippen molar-refractivity contribution in [3.8, 4) is 5.75 Å². The van der Waals surface area contributed by atoms with E-state index in [0.717, 1.165) is 15.6 Å². The van der Waals surface area contributed by atoms with Crippen LogP contribution in [-0.2, 0) is 13.2 Å².